The first-order chi connectivity index (χ1) is 25.3. The van der Waals surface area contributed by atoms with Crippen molar-refractivity contribution in [3.63, 3.8) is 0 Å². The van der Waals surface area contributed by atoms with Crippen LogP contribution in [0.3, 0.4) is 0 Å². The molecule has 8 aromatic rings. The van der Waals surface area contributed by atoms with Crippen molar-refractivity contribution < 1.29 is 4.74 Å². The van der Waals surface area contributed by atoms with Crippen LogP contribution < -0.4 is 47.3 Å². The number of nitrogens with zero attached hydrogens (tertiary/aromatic N) is 4. The highest BCUT2D eigenvalue weighted by Crippen LogP contribution is 2.46. The Morgan fingerprint density at radius 1 is 0.471 bits per heavy atom. The Hall–Kier alpha value is -6.59. The van der Waals surface area contributed by atoms with E-state index in [0.717, 1.165) is 56.5 Å². The normalized spacial score (nSPS) is 13.5. The number of para-hydroxylation sites is 4. The first-order valence-corrected chi connectivity index (χ1v) is 17.4. The smallest absolute Gasteiger partial charge is 0.256 e. The molecular formula is C44H28B2N4O. The van der Waals surface area contributed by atoms with Gasteiger partial charge in [0.25, 0.3) is 6.71 Å². The van der Waals surface area contributed by atoms with Crippen LogP contribution >= 0.6 is 0 Å². The highest BCUT2D eigenvalue weighted by Gasteiger charge is 2.47. The van der Waals surface area contributed by atoms with E-state index in [4.69, 9.17) is 9.72 Å². The lowest BCUT2D eigenvalue weighted by Crippen LogP contribution is -2.65. The third kappa shape index (κ3) is 4.06. The van der Waals surface area contributed by atoms with Crippen molar-refractivity contribution in [2.45, 2.75) is 0 Å². The highest BCUT2D eigenvalue weighted by atomic mass is 16.5. The van der Waals surface area contributed by atoms with Gasteiger partial charge in [0.15, 0.2) is 0 Å². The summed E-state index contributed by atoms with van der Waals surface area (Å²) in [6, 6.07) is 54.3. The van der Waals surface area contributed by atoms with E-state index in [9.17, 15) is 0 Å². The average molecular weight is 650 g/mol. The van der Waals surface area contributed by atoms with Crippen molar-refractivity contribution in [2.75, 3.05) is 9.80 Å². The predicted octanol–water partition coefficient (Wildman–Crippen LogP) is 6.33. The summed E-state index contributed by atoms with van der Waals surface area (Å²) in [6.45, 7) is -0.0786. The van der Waals surface area contributed by atoms with Crippen LogP contribution in [0.4, 0.5) is 34.1 Å². The molecule has 236 valence electrons. The van der Waals surface area contributed by atoms with Gasteiger partial charge in [-0.3, -0.25) is 9.97 Å². The minimum absolute atomic E-state index is 0.0131. The average Bonchev–Trinajstić information content (AvgIpc) is 3.20. The molecule has 0 N–H and O–H groups in total. The molecule has 11 rings (SSSR count). The highest BCUT2D eigenvalue weighted by molar-refractivity contribution is 7.03. The molecule has 0 saturated carbocycles. The summed E-state index contributed by atoms with van der Waals surface area (Å²) in [5, 5.41) is 1.09. The van der Waals surface area contributed by atoms with Crippen LogP contribution in [0.2, 0.25) is 0 Å². The quantitative estimate of drug-likeness (QED) is 0.209. The number of benzene rings is 6. The number of aromatic nitrogens is 2. The lowest BCUT2D eigenvalue weighted by atomic mass is 9.30. The number of hydrogen-bond donors (Lipinski definition) is 0. The fraction of sp³-hybridized carbons (Fsp3) is 0. The number of ether oxygens (including phenoxy) is 1. The van der Waals surface area contributed by atoms with Crippen molar-refractivity contribution in [2.24, 2.45) is 0 Å². The summed E-state index contributed by atoms with van der Waals surface area (Å²) >= 11 is 0. The molecule has 5 nitrogen and oxygen atoms in total. The largest absolute Gasteiger partial charge is 0.458 e. The fourth-order valence-corrected chi connectivity index (χ4v) is 8.70. The molecule has 0 fully saturated rings. The molecule has 0 amide bonds. The fourth-order valence-electron chi connectivity index (χ4n) is 8.70. The van der Waals surface area contributed by atoms with Gasteiger partial charge in [0.05, 0.1) is 11.2 Å². The van der Waals surface area contributed by atoms with Gasteiger partial charge >= 0.3 is 0 Å². The maximum atomic E-state index is 7.01. The second-order valence-corrected chi connectivity index (χ2v) is 13.3. The van der Waals surface area contributed by atoms with E-state index in [-0.39, 0.29) is 13.4 Å². The van der Waals surface area contributed by atoms with Gasteiger partial charge in [-0.2, -0.15) is 0 Å². The second-order valence-electron chi connectivity index (χ2n) is 13.3. The third-order valence-electron chi connectivity index (χ3n) is 10.7. The lowest BCUT2D eigenvalue weighted by Gasteiger charge is -2.45. The molecule has 51 heavy (non-hydrogen) atoms. The first kappa shape index (κ1) is 28.3. The van der Waals surface area contributed by atoms with Crippen LogP contribution in [0.25, 0.3) is 10.9 Å². The monoisotopic (exact) mass is 650 g/mol. The number of pyridine rings is 2. The van der Waals surface area contributed by atoms with E-state index in [0.29, 0.717) is 0 Å². The Labute approximate surface area is 296 Å². The predicted molar refractivity (Wildman–Crippen MR) is 211 cm³/mol. The topological polar surface area (TPSA) is 41.5 Å². The molecule has 0 saturated heterocycles. The standard InChI is InChI=1S/C44H28B2N4O/c1-2-14-30(15-3-1)45-32-16-4-8-20-36(32)50(37-21-10-12-29-13-11-25-48-43(29)37)38-28-40-42-44(41(38)45)49(31-23-26-47-27-24-31)35-19-7-5-17-33(35)46(42)34-18-6-9-22-39(34)51-40/h1-28H. The zero-order valence-electron chi connectivity index (χ0n) is 27.5. The Kier molecular flexibility index (Phi) is 6.07. The SMILES string of the molecule is c1ccc(B2c3ccccc3N(c3cccc4cccnc34)c3cc4c5c(c32)N(c2ccncc2)c2ccccc2B5c2ccccc2O4)cc1. The van der Waals surface area contributed by atoms with E-state index >= 15 is 0 Å². The van der Waals surface area contributed by atoms with Crippen molar-refractivity contribution >= 4 is 91.2 Å². The molecule has 6 aromatic carbocycles. The maximum absolute atomic E-state index is 7.01. The lowest BCUT2D eigenvalue weighted by molar-refractivity contribution is 0.488. The Morgan fingerprint density at radius 3 is 1.96 bits per heavy atom. The van der Waals surface area contributed by atoms with Crippen LogP contribution in [0.5, 0.6) is 11.5 Å². The molecule has 7 heteroatoms. The van der Waals surface area contributed by atoms with E-state index < -0.39 is 0 Å². The van der Waals surface area contributed by atoms with E-state index in [1.165, 1.54) is 32.8 Å². The van der Waals surface area contributed by atoms with Gasteiger partial charge in [0, 0.05) is 58.5 Å². The minimum Gasteiger partial charge on any atom is -0.458 e. The zero-order chi connectivity index (χ0) is 33.5. The number of anilines is 6. The summed E-state index contributed by atoms with van der Waals surface area (Å²) < 4.78 is 7.01. The van der Waals surface area contributed by atoms with Gasteiger partial charge in [0.1, 0.15) is 11.5 Å². The molecule has 0 atom stereocenters. The van der Waals surface area contributed by atoms with E-state index in [2.05, 4.69) is 160 Å². The molecule has 0 bridgehead atoms. The Morgan fingerprint density at radius 2 is 1.14 bits per heavy atom. The number of fused-ring (bicyclic) bond motifs is 8. The summed E-state index contributed by atoms with van der Waals surface area (Å²) in [5.41, 5.74) is 14.8. The maximum Gasteiger partial charge on any atom is 0.256 e. The van der Waals surface area contributed by atoms with Gasteiger partial charge in [-0.15, -0.1) is 0 Å². The van der Waals surface area contributed by atoms with Crippen molar-refractivity contribution in [1.82, 2.24) is 9.97 Å². The molecule has 0 radical (unpaired) electrons. The van der Waals surface area contributed by atoms with Gasteiger partial charge in [0.2, 0.25) is 6.71 Å². The molecule has 2 aromatic heterocycles. The van der Waals surface area contributed by atoms with Crippen LogP contribution in [0, 0.1) is 0 Å². The Bertz CT molecular complexity index is 2660. The van der Waals surface area contributed by atoms with Gasteiger partial charge in [-0.25, -0.2) is 0 Å². The van der Waals surface area contributed by atoms with Gasteiger partial charge < -0.3 is 14.5 Å². The van der Waals surface area contributed by atoms with Crippen molar-refractivity contribution in [3.05, 3.63) is 170 Å². The molecule has 0 unspecified atom stereocenters. The minimum atomic E-state index is -0.0655. The summed E-state index contributed by atoms with van der Waals surface area (Å²) in [7, 11) is 0. The molecule has 3 aliphatic rings. The van der Waals surface area contributed by atoms with E-state index in [1.54, 1.807) is 0 Å². The second kappa shape index (κ2) is 11.0. The van der Waals surface area contributed by atoms with E-state index in [1.807, 2.05) is 24.7 Å². The molecule has 0 aliphatic carbocycles. The summed E-state index contributed by atoms with van der Waals surface area (Å²) in [4.78, 5) is 14.3. The van der Waals surface area contributed by atoms with Gasteiger partial charge in [-0.05, 0) is 69.8 Å². The third-order valence-corrected chi connectivity index (χ3v) is 10.7. The van der Waals surface area contributed by atoms with Crippen LogP contribution in [-0.4, -0.2) is 23.4 Å². The van der Waals surface area contributed by atoms with Crippen molar-refractivity contribution in [3.8, 4) is 11.5 Å². The van der Waals surface area contributed by atoms with Gasteiger partial charge in [-0.1, -0.05) is 109 Å². The zero-order valence-corrected chi connectivity index (χ0v) is 27.5. The summed E-state index contributed by atoms with van der Waals surface area (Å²) in [5.74, 6) is 1.76. The van der Waals surface area contributed by atoms with Crippen LogP contribution in [0.1, 0.15) is 0 Å². The van der Waals surface area contributed by atoms with Crippen LogP contribution in [0.15, 0.2) is 170 Å². The number of hydrogen-bond acceptors (Lipinski definition) is 5. The molecular weight excluding hydrogens is 622 g/mol. The molecule has 3 aliphatic heterocycles. The van der Waals surface area contributed by atoms with Crippen LogP contribution in [-0.2, 0) is 0 Å². The first-order valence-electron chi connectivity index (χ1n) is 17.4. The molecule has 0 spiro atoms. The molecule has 5 heterocycles. The number of rotatable bonds is 3. The van der Waals surface area contributed by atoms with Crippen molar-refractivity contribution in [1.29, 1.82) is 0 Å². The summed E-state index contributed by atoms with van der Waals surface area (Å²) in [6.07, 6.45) is 5.66. The Balaban J connectivity index is 1.33.